The third-order valence-corrected chi connectivity index (χ3v) is 19.0. The Balaban J connectivity index is -0.0000000658. The standard InChI is InChI=1S/13C7H16/c1-6(2)7(3,4)5;1-6(2)5-7(3)4;2*1-5-6-7(2,3)4;2*1-5-7(3,4)6-2;2*1-5-7(4)6(2)3;2*1-4-5-6-7(2)3;2*1-4-6-7(3)5-2;1-4-7(5-2)6-3/h6H,1-5H3;6-7H,5H2,1-4H3;4*5-6H2,1-4H3;2*6-7H,5H2,1-4H3;5*7H,4-6H2,1-3H3/t;;;;;;7-;;;;7-;;/m......0...1../s1. The van der Waals surface area contributed by atoms with Crippen molar-refractivity contribution in [1.82, 2.24) is 0 Å². The summed E-state index contributed by atoms with van der Waals surface area (Å²) in [5, 5.41) is 0. The Bertz CT molecular complexity index is 1040. The van der Waals surface area contributed by atoms with Crippen LogP contribution in [-0.4, -0.2) is 0 Å². The van der Waals surface area contributed by atoms with Gasteiger partial charge in [-0.3, -0.25) is 0 Å². The molecule has 0 aliphatic carbocycles. The average Bonchev–Trinajstić information content (AvgIpc) is 3.45. The van der Waals surface area contributed by atoms with Crippen molar-refractivity contribution in [2.45, 2.75) is 499 Å². The second kappa shape index (κ2) is 84.2. The molecule has 0 aliphatic rings. The highest BCUT2D eigenvalue weighted by molar-refractivity contribution is 4.65. The number of hydrogen-bond acceptors (Lipinski definition) is 0. The summed E-state index contributed by atoms with van der Waals surface area (Å²) in [6.07, 6.45) is 35.0. The molecule has 0 saturated heterocycles. The minimum Gasteiger partial charge on any atom is -0.0654 e. The van der Waals surface area contributed by atoms with Crippen LogP contribution >= 0.6 is 0 Å². The van der Waals surface area contributed by atoms with Gasteiger partial charge in [0.1, 0.15) is 0 Å². The Morgan fingerprint density at radius 3 is 0.505 bits per heavy atom. The molecule has 572 valence electrons. The van der Waals surface area contributed by atoms with E-state index in [1.54, 1.807) is 0 Å². The third-order valence-electron chi connectivity index (χ3n) is 19.0. The molecular formula is C91H208. The van der Waals surface area contributed by atoms with E-state index in [1.165, 1.54) is 167 Å². The van der Waals surface area contributed by atoms with E-state index in [1.807, 2.05) is 0 Å². The molecule has 4 atom stereocenters. The van der Waals surface area contributed by atoms with Crippen molar-refractivity contribution in [2.24, 2.45) is 98.1 Å². The maximum Gasteiger partial charge on any atom is -0.0359 e. The number of rotatable bonds is 27. The maximum absolute atomic E-state index is 2.31. The second-order valence-electron chi connectivity index (χ2n) is 35.9. The van der Waals surface area contributed by atoms with Crippen LogP contribution in [0.3, 0.4) is 0 Å². The quantitative estimate of drug-likeness (QED) is 0.0769. The van der Waals surface area contributed by atoms with Crippen molar-refractivity contribution in [3.63, 3.8) is 0 Å². The van der Waals surface area contributed by atoms with Crippen molar-refractivity contribution >= 4 is 0 Å². The summed E-state index contributed by atoms with van der Waals surface area (Å²) in [6, 6.07) is 0. The van der Waals surface area contributed by atoms with Gasteiger partial charge in [-0.15, -0.1) is 0 Å². The summed E-state index contributed by atoms with van der Waals surface area (Å²) in [6.45, 7) is 109. The molecule has 0 fully saturated rings. The average molecular weight is 1300 g/mol. The fraction of sp³-hybridized carbons (Fsp3) is 1.00. The second-order valence-corrected chi connectivity index (χ2v) is 35.9. The molecule has 0 aromatic rings. The molecule has 0 radical (unpaired) electrons. The van der Waals surface area contributed by atoms with Crippen molar-refractivity contribution < 1.29 is 0 Å². The zero-order valence-corrected chi connectivity index (χ0v) is 75.8. The van der Waals surface area contributed by atoms with Crippen LogP contribution in [0.25, 0.3) is 0 Å². The highest BCUT2D eigenvalue weighted by Gasteiger charge is 2.14. The molecule has 0 aliphatic heterocycles. The van der Waals surface area contributed by atoms with E-state index < -0.39 is 0 Å². The van der Waals surface area contributed by atoms with E-state index in [2.05, 4.69) is 332 Å². The summed E-state index contributed by atoms with van der Waals surface area (Å²) in [4.78, 5) is 0. The van der Waals surface area contributed by atoms with Gasteiger partial charge < -0.3 is 0 Å². The summed E-state index contributed by atoms with van der Waals surface area (Å²) < 4.78 is 0. The maximum atomic E-state index is 2.31. The van der Waals surface area contributed by atoms with Crippen molar-refractivity contribution in [1.29, 1.82) is 0 Å². The Morgan fingerprint density at radius 1 is 0.253 bits per heavy atom. The zero-order chi connectivity index (χ0) is 75.8. The van der Waals surface area contributed by atoms with Gasteiger partial charge in [-0.05, 0) is 117 Å². The van der Waals surface area contributed by atoms with E-state index in [0.29, 0.717) is 27.1 Å². The van der Waals surface area contributed by atoms with Crippen LogP contribution in [0.4, 0.5) is 0 Å². The molecule has 0 N–H and O–H groups in total. The van der Waals surface area contributed by atoms with Crippen LogP contribution in [0, 0.1) is 98.1 Å². The van der Waals surface area contributed by atoms with Gasteiger partial charge in [-0.25, -0.2) is 0 Å². The van der Waals surface area contributed by atoms with E-state index in [4.69, 9.17) is 0 Å². The first-order valence-corrected chi connectivity index (χ1v) is 41.3. The van der Waals surface area contributed by atoms with Crippen LogP contribution in [0.1, 0.15) is 499 Å². The van der Waals surface area contributed by atoms with E-state index in [-0.39, 0.29) is 0 Å². The Hall–Kier alpha value is 0. The summed E-state index contributed by atoms with van der Waals surface area (Å²) in [5.41, 5.74) is 2.77. The summed E-state index contributed by atoms with van der Waals surface area (Å²) >= 11 is 0. The molecule has 0 saturated carbocycles. The minimum absolute atomic E-state index is 0.500. The van der Waals surface area contributed by atoms with Crippen LogP contribution in [-0.2, 0) is 0 Å². The summed E-state index contributed by atoms with van der Waals surface area (Å²) in [5.74, 6) is 10.8. The Morgan fingerprint density at radius 2 is 0.484 bits per heavy atom. The lowest BCUT2D eigenvalue weighted by Crippen LogP contribution is -2.12. The molecule has 0 heterocycles. The van der Waals surface area contributed by atoms with Gasteiger partial charge in [-0.2, -0.15) is 0 Å². The van der Waals surface area contributed by atoms with E-state index in [9.17, 15) is 0 Å². The molecule has 0 spiro atoms. The first-order valence-electron chi connectivity index (χ1n) is 41.3. The van der Waals surface area contributed by atoms with Gasteiger partial charge >= 0.3 is 0 Å². The molecule has 0 rings (SSSR count). The topological polar surface area (TPSA) is 0 Å². The first kappa shape index (κ1) is 121. The lowest BCUT2D eigenvalue weighted by molar-refractivity contribution is 0.283. The largest absolute Gasteiger partial charge is 0.0654 e. The predicted octanol–water partition coefficient (Wildman–Crippen LogP) is 36.2. The van der Waals surface area contributed by atoms with Gasteiger partial charge in [0.25, 0.3) is 0 Å². The zero-order valence-electron chi connectivity index (χ0n) is 75.8. The van der Waals surface area contributed by atoms with Crippen LogP contribution in [0.2, 0.25) is 0 Å². The first-order chi connectivity index (χ1) is 41.3. The highest BCUT2D eigenvalue weighted by Crippen LogP contribution is 2.25. The van der Waals surface area contributed by atoms with Gasteiger partial charge in [0.2, 0.25) is 0 Å². The molecule has 0 nitrogen and oxygen atoms in total. The lowest BCUT2D eigenvalue weighted by atomic mass is 9.84. The Kier molecular flexibility index (Phi) is 112. The van der Waals surface area contributed by atoms with E-state index >= 15 is 0 Å². The Labute approximate surface area is 594 Å². The monoisotopic (exact) mass is 1300 g/mol. The lowest BCUT2D eigenvalue weighted by Gasteiger charge is -2.22. The molecule has 91 heavy (non-hydrogen) atoms. The van der Waals surface area contributed by atoms with Crippen molar-refractivity contribution in [2.75, 3.05) is 0 Å². The fourth-order valence-corrected chi connectivity index (χ4v) is 7.37. The smallest absolute Gasteiger partial charge is 0.0359 e. The highest BCUT2D eigenvalue weighted by atomic mass is 14.2. The minimum atomic E-state index is 0.500. The van der Waals surface area contributed by atoms with Crippen LogP contribution < -0.4 is 0 Å². The summed E-state index contributed by atoms with van der Waals surface area (Å²) in [7, 11) is 0. The van der Waals surface area contributed by atoms with Crippen LogP contribution in [0.15, 0.2) is 0 Å². The molecule has 0 aromatic heterocycles. The molecule has 0 aromatic carbocycles. The van der Waals surface area contributed by atoms with E-state index in [0.717, 1.165) is 71.0 Å². The molecule has 2 unspecified atom stereocenters. The number of hydrogen-bond donors (Lipinski definition) is 0. The number of unbranched alkanes of at least 4 members (excludes halogenated alkanes) is 2. The van der Waals surface area contributed by atoms with Gasteiger partial charge in [-0.1, -0.05) is 480 Å². The molecule has 0 bridgehead atoms. The predicted molar refractivity (Wildman–Crippen MR) is 446 cm³/mol. The van der Waals surface area contributed by atoms with Crippen molar-refractivity contribution in [3.05, 3.63) is 0 Å². The van der Waals surface area contributed by atoms with Gasteiger partial charge in [0.05, 0.1) is 0 Å². The SMILES string of the molecule is CC(C)C(C)(C)C.CC(C)CC(C)C.CCC(C)(C)CC.CCC(C)(C)CC.CCC(C)C(C)C.CCC(CC)CC.CCCC(C)(C)C.CCCC(C)(C)C.CCCC(C)CC.CCCCC(C)C.CCCCC(C)C.CCC[C@H](C)CC.CC[C@H](C)C(C)C. The molecular weight excluding hydrogens is 1090 g/mol. The molecule has 0 heteroatoms. The normalized spacial score (nSPS) is 12.4. The van der Waals surface area contributed by atoms with Gasteiger partial charge in [0, 0.05) is 0 Å². The van der Waals surface area contributed by atoms with Crippen molar-refractivity contribution in [3.8, 4) is 0 Å². The van der Waals surface area contributed by atoms with Gasteiger partial charge in [0.15, 0.2) is 0 Å². The van der Waals surface area contributed by atoms with Crippen LogP contribution in [0.5, 0.6) is 0 Å². The third kappa shape index (κ3) is 160. The molecule has 0 amide bonds. The fourth-order valence-electron chi connectivity index (χ4n) is 7.37.